The molecule has 1 aromatic rings. The van der Waals surface area contributed by atoms with Crippen molar-refractivity contribution < 1.29 is 28.5 Å². The standard InChI is InChI=1S/C15H21F2NO4/c1-15(2,3)22-14(21)18-8-11(19)12(20)9-4-6-10(7-5-9)13(16)17/h4-7,11-13,19-20H,8H2,1-3H3,(H,18,21). The highest BCUT2D eigenvalue weighted by atomic mass is 19.3. The molecule has 0 aromatic heterocycles. The molecule has 0 saturated heterocycles. The van der Waals surface area contributed by atoms with Crippen LogP contribution in [0.3, 0.4) is 0 Å². The number of hydrogen-bond acceptors (Lipinski definition) is 4. The summed E-state index contributed by atoms with van der Waals surface area (Å²) in [6, 6.07) is 4.97. The van der Waals surface area contributed by atoms with E-state index in [1.54, 1.807) is 20.8 Å². The smallest absolute Gasteiger partial charge is 0.407 e. The van der Waals surface area contributed by atoms with Crippen LogP contribution in [0.1, 0.15) is 44.4 Å². The van der Waals surface area contributed by atoms with Gasteiger partial charge in [-0.2, -0.15) is 0 Å². The Morgan fingerprint density at radius 3 is 2.14 bits per heavy atom. The Bertz CT molecular complexity index is 485. The van der Waals surface area contributed by atoms with E-state index in [4.69, 9.17) is 4.74 Å². The van der Waals surface area contributed by atoms with Crippen molar-refractivity contribution in [3.63, 3.8) is 0 Å². The Labute approximate surface area is 127 Å². The first-order chi connectivity index (χ1) is 10.1. The molecule has 1 amide bonds. The van der Waals surface area contributed by atoms with E-state index >= 15 is 0 Å². The molecule has 2 atom stereocenters. The summed E-state index contributed by atoms with van der Waals surface area (Å²) in [4.78, 5) is 11.4. The fourth-order valence-electron chi connectivity index (χ4n) is 1.67. The van der Waals surface area contributed by atoms with Crippen LogP contribution in [0.15, 0.2) is 24.3 Å². The van der Waals surface area contributed by atoms with E-state index in [1.807, 2.05) is 0 Å². The monoisotopic (exact) mass is 317 g/mol. The van der Waals surface area contributed by atoms with Gasteiger partial charge in [0, 0.05) is 12.1 Å². The topological polar surface area (TPSA) is 78.8 Å². The fourth-order valence-corrected chi connectivity index (χ4v) is 1.67. The van der Waals surface area contributed by atoms with Crippen molar-refractivity contribution in [2.24, 2.45) is 0 Å². The van der Waals surface area contributed by atoms with Crippen molar-refractivity contribution in [2.45, 2.75) is 45.0 Å². The van der Waals surface area contributed by atoms with Gasteiger partial charge in [0.1, 0.15) is 17.8 Å². The van der Waals surface area contributed by atoms with E-state index in [0.717, 1.165) is 0 Å². The minimum absolute atomic E-state index is 0.169. The van der Waals surface area contributed by atoms with Gasteiger partial charge in [-0.15, -0.1) is 0 Å². The van der Waals surface area contributed by atoms with Gasteiger partial charge in [-0.1, -0.05) is 24.3 Å². The maximum absolute atomic E-state index is 12.4. The molecule has 7 heteroatoms. The first-order valence-electron chi connectivity index (χ1n) is 6.81. The van der Waals surface area contributed by atoms with Crippen LogP contribution in [0.2, 0.25) is 0 Å². The number of hydrogen-bond donors (Lipinski definition) is 3. The molecule has 0 fully saturated rings. The number of aliphatic hydroxyl groups excluding tert-OH is 2. The van der Waals surface area contributed by atoms with Gasteiger partial charge in [0.05, 0.1) is 0 Å². The summed E-state index contributed by atoms with van der Waals surface area (Å²) in [6.45, 7) is 4.86. The zero-order valence-corrected chi connectivity index (χ0v) is 12.7. The molecule has 1 aromatic carbocycles. The highest BCUT2D eigenvalue weighted by Crippen LogP contribution is 2.22. The zero-order valence-electron chi connectivity index (χ0n) is 12.7. The minimum atomic E-state index is -2.59. The summed E-state index contributed by atoms with van der Waals surface area (Å²) >= 11 is 0. The Hall–Kier alpha value is -1.73. The zero-order chi connectivity index (χ0) is 16.9. The van der Waals surface area contributed by atoms with E-state index in [1.165, 1.54) is 24.3 Å². The van der Waals surface area contributed by atoms with Crippen molar-refractivity contribution in [3.05, 3.63) is 35.4 Å². The lowest BCUT2D eigenvalue weighted by atomic mass is 10.0. The number of alkyl carbamates (subject to hydrolysis) is 1. The van der Waals surface area contributed by atoms with Gasteiger partial charge in [-0.25, -0.2) is 13.6 Å². The van der Waals surface area contributed by atoms with Gasteiger partial charge < -0.3 is 20.3 Å². The first kappa shape index (κ1) is 18.3. The number of carbonyl (C=O) groups is 1. The third-order valence-electron chi connectivity index (χ3n) is 2.75. The molecule has 5 nitrogen and oxygen atoms in total. The van der Waals surface area contributed by atoms with Crippen molar-refractivity contribution in [2.75, 3.05) is 6.54 Å². The number of nitrogens with one attached hydrogen (secondary N) is 1. The number of rotatable bonds is 5. The molecule has 124 valence electrons. The molecule has 0 aliphatic carbocycles. The molecule has 0 radical (unpaired) electrons. The van der Waals surface area contributed by atoms with Crippen molar-refractivity contribution in [1.29, 1.82) is 0 Å². The molecule has 0 aliphatic heterocycles. The normalized spacial score (nSPS) is 14.5. The van der Waals surface area contributed by atoms with Crippen molar-refractivity contribution >= 4 is 6.09 Å². The number of halogens is 2. The number of amides is 1. The van der Waals surface area contributed by atoms with Crippen LogP contribution < -0.4 is 5.32 Å². The Morgan fingerprint density at radius 2 is 1.68 bits per heavy atom. The number of carbonyl (C=O) groups excluding carboxylic acids is 1. The van der Waals surface area contributed by atoms with E-state index in [-0.39, 0.29) is 17.7 Å². The van der Waals surface area contributed by atoms with Crippen molar-refractivity contribution in [3.8, 4) is 0 Å². The molecule has 0 bridgehead atoms. The summed E-state index contributed by atoms with van der Waals surface area (Å²) in [5, 5.41) is 22.1. The molecule has 1 rings (SSSR count). The summed E-state index contributed by atoms with van der Waals surface area (Å²) in [5.41, 5.74) is -0.557. The Morgan fingerprint density at radius 1 is 1.18 bits per heavy atom. The van der Waals surface area contributed by atoms with Crippen LogP contribution in [0, 0.1) is 0 Å². The maximum atomic E-state index is 12.4. The Balaban J connectivity index is 2.54. The molecule has 3 N–H and O–H groups in total. The summed E-state index contributed by atoms with van der Waals surface area (Å²) < 4.78 is 29.8. The molecule has 0 aliphatic rings. The van der Waals surface area contributed by atoms with Crippen LogP contribution >= 0.6 is 0 Å². The lowest BCUT2D eigenvalue weighted by Crippen LogP contribution is -2.38. The number of aliphatic hydroxyl groups is 2. The SMILES string of the molecule is CC(C)(C)OC(=O)NCC(O)C(O)c1ccc(C(F)F)cc1. The first-order valence-corrected chi connectivity index (χ1v) is 6.81. The third-order valence-corrected chi connectivity index (χ3v) is 2.75. The molecule has 0 heterocycles. The van der Waals surface area contributed by atoms with E-state index in [2.05, 4.69) is 5.32 Å². The van der Waals surface area contributed by atoms with Crippen molar-refractivity contribution in [1.82, 2.24) is 5.32 Å². The predicted octanol–water partition coefficient (Wildman–Crippen LogP) is 2.54. The second-order valence-electron chi connectivity index (χ2n) is 5.86. The van der Waals surface area contributed by atoms with Crippen LogP contribution in [0.4, 0.5) is 13.6 Å². The number of ether oxygens (including phenoxy) is 1. The van der Waals surface area contributed by atoms with Gasteiger partial charge in [-0.05, 0) is 26.3 Å². The van der Waals surface area contributed by atoms with Crippen LogP contribution in [0.5, 0.6) is 0 Å². The molecule has 0 spiro atoms. The highest BCUT2D eigenvalue weighted by Gasteiger charge is 2.21. The van der Waals surface area contributed by atoms with E-state index in [9.17, 15) is 23.8 Å². The second-order valence-corrected chi connectivity index (χ2v) is 5.86. The minimum Gasteiger partial charge on any atom is -0.444 e. The largest absolute Gasteiger partial charge is 0.444 e. The van der Waals surface area contributed by atoms with Gasteiger partial charge >= 0.3 is 6.09 Å². The summed E-state index contributed by atoms with van der Waals surface area (Å²) in [5.74, 6) is 0. The van der Waals surface area contributed by atoms with Crippen LogP contribution in [-0.2, 0) is 4.74 Å². The second kappa shape index (κ2) is 7.51. The third kappa shape index (κ3) is 5.95. The molecular weight excluding hydrogens is 296 g/mol. The number of benzene rings is 1. The number of alkyl halides is 2. The van der Waals surface area contributed by atoms with Gasteiger partial charge in [0.15, 0.2) is 0 Å². The molecule has 22 heavy (non-hydrogen) atoms. The average molecular weight is 317 g/mol. The average Bonchev–Trinajstić information content (AvgIpc) is 2.42. The van der Waals surface area contributed by atoms with Crippen LogP contribution in [0.25, 0.3) is 0 Å². The van der Waals surface area contributed by atoms with E-state index < -0.39 is 30.3 Å². The predicted molar refractivity (Wildman–Crippen MR) is 76.6 cm³/mol. The summed E-state index contributed by atoms with van der Waals surface area (Å²) in [7, 11) is 0. The van der Waals surface area contributed by atoms with Gasteiger partial charge in [-0.3, -0.25) is 0 Å². The van der Waals surface area contributed by atoms with E-state index in [0.29, 0.717) is 0 Å². The molecule has 2 unspecified atom stereocenters. The fraction of sp³-hybridized carbons (Fsp3) is 0.533. The maximum Gasteiger partial charge on any atom is 0.407 e. The van der Waals surface area contributed by atoms with Gasteiger partial charge in [0.25, 0.3) is 6.43 Å². The lowest BCUT2D eigenvalue weighted by molar-refractivity contribution is 0.0129. The quantitative estimate of drug-likeness (QED) is 0.780. The Kier molecular flexibility index (Phi) is 6.25. The van der Waals surface area contributed by atoms with Gasteiger partial charge in [0.2, 0.25) is 0 Å². The van der Waals surface area contributed by atoms with Crippen LogP contribution in [-0.4, -0.2) is 34.6 Å². The molecule has 0 saturated carbocycles. The molecular formula is C15H21F2NO4. The lowest BCUT2D eigenvalue weighted by Gasteiger charge is -2.22. The summed E-state index contributed by atoms with van der Waals surface area (Å²) in [6.07, 6.45) is -5.90. The highest BCUT2D eigenvalue weighted by molar-refractivity contribution is 5.67.